The molecule has 0 saturated heterocycles. The highest BCUT2D eigenvalue weighted by Gasteiger charge is 2.38. The Labute approximate surface area is 140 Å². The lowest BCUT2D eigenvalue weighted by Crippen LogP contribution is -2.58. The monoisotopic (exact) mass is 338 g/mol. The first kappa shape index (κ1) is 18.4. The third-order valence-corrected chi connectivity index (χ3v) is 4.17. The van der Waals surface area contributed by atoms with Crippen LogP contribution in [0.15, 0.2) is 24.3 Å². The third kappa shape index (κ3) is 4.52. The van der Waals surface area contributed by atoms with Gasteiger partial charge in [0, 0.05) is 0 Å². The highest BCUT2D eigenvalue weighted by atomic mass is 19.1. The maximum absolute atomic E-state index is 13.1. The molecule has 0 spiro atoms. The molecule has 0 bridgehead atoms. The molecule has 1 aromatic carbocycles. The topological polar surface area (TPSA) is 98.7 Å². The minimum absolute atomic E-state index is 0.0424. The van der Waals surface area contributed by atoms with Gasteiger partial charge < -0.3 is 20.8 Å². The second kappa shape index (κ2) is 7.27. The van der Waals surface area contributed by atoms with Crippen molar-refractivity contribution < 1.29 is 24.2 Å². The number of hydrogen-bond donors (Lipinski definition) is 4. The average Bonchev–Trinajstić information content (AvgIpc) is 2.78. The zero-order valence-corrected chi connectivity index (χ0v) is 13.8. The molecule has 0 heterocycles. The Morgan fingerprint density at radius 2 is 2.00 bits per heavy atom. The Kier molecular flexibility index (Phi) is 5.56. The normalized spacial score (nSPS) is 23.8. The van der Waals surface area contributed by atoms with E-state index in [2.05, 4.69) is 10.6 Å². The number of aliphatic hydroxyl groups is 2. The van der Waals surface area contributed by atoms with Crippen LogP contribution in [-0.4, -0.2) is 45.8 Å². The number of nitrogens with one attached hydrogen (secondary N) is 2. The summed E-state index contributed by atoms with van der Waals surface area (Å²) in [6, 6.07) is 5.17. The van der Waals surface area contributed by atoms with Crippen molar-refractivity contribution in [3.63, 3.8) is 0 Å². The van der Waals surface area contributed by atoms with Crippen molar-refractivity contribution in [1.82, 2.24) is 10.6 Å². The number of benzene rings is 1. The minimum Gasteiger partial charge on any atom is -0.390 e. The first-order chi connectivity index (χ1) is 11.2. The van der Waals surface area contributed by atoms with E-state index in [0.717, 1.165) is 0 Å². The van der Waals surface area contributed by atoms with Gasteiger partial charge in [-0.25, -0.2) is 4.39 Å². The van der Waals surface area contributed by atoms with Gasteiger partial charge >= 0.3 is 0 Å². The highest BCUT2D eigenvalue weighted by Crippen LogP contribution is 2.20. The van der Waals surface area contributed by atoms with Gasteiger partial charge in [0.05, 0.1) is 24.7 Å². The summed E-state index contributed by atoms with van der Waals surface area (Å²) in [6.45, 7) is 3.09. The van der Waals surface area contributed by atoms with Gasteiger partial charge in [0.1, 0.15) is 11.4 Å². The quantitative estimate of drug-likeness (QED) is 0.619. The highest BCUT2D eigenvalue weighted by molar-refractivity contribution is 5.91. The van der Waals surface area contributed by atoms with Gasteiger partial charge in [-0.2, -0.15) is 0 Å². The van der Waals surface area contributed by atoms with Gasteiger partial charge in [-0.1, -0.05) is 12.1 Å². The SMILES string of the molecule is CC(C)(NC(=O)Cc1cccc(F)c1)C(=O)N[C@@H]1CC[C@@H](O)[C@@H]1O. The molecular weight excluding hydrogens is 315 g/mol. The molecule has 3 atom stereocenters. The van der Waals surface area contributed by atoms with Crippen molar-refractivity contribution in [2.45, 2.75) is 56.9 Å². The zero-order chi connectivity index (χ0) is 17.9. The van der Waals surface area contributed by atoms with Crippen LogP contribution in [-0.2, 0) is 16.0 Å². The van der Waals surface area contributed by atoms with Gasteiger partial charge in [0.15, 0.2) is 0 Å². The van der Waals surface area contributed by atoms with Crippen LogP contribution < -0.4 is 10.6 Å². The van der Waals surface area contributed by atoms with E-state index in [1.807, 2.05) is 0 Å². The van der Waals surface area contributed by atoms with E-state index in [1.165, 1.54) is 18.2 Å². The molecule has 7 heteroatoms. The summed E-state index contributed by atoms with van der Waals surface area (Å²) in [5, 5.41) is 24.6. The van der Waals surface area contributed by atoms with E-state index in [1.54, 1.807) is 19.9 Å². The molecule has 2 rings (SSSR count). The smallest absolute Gasteiger partial charge is 0.245 e. The first-order valence-electron chi connectivity index (χ1n) is 7.91. The number of rotatable bonds is 5. The molecule has 1 saturated carbocycles. The van der Waals surface area contributed by atoms with Gasteiger partial charge in [0.25, 0.3) is 0 Å². The number of carbonyl (C=O) groups is 2. The molecule has 2 amide bonds. The Balaban J connectivity index is 1.91. The summed E-state index contributed by atoms with van der Waals surface area (Å²) >= 11 is 0. The molecule has 6 nitrogen and oxygen atoms in total. The molecule has 1 aliphatic rings. The minimum atomic E-state index is -1.20. The fraction of sp³-hybridized carbons (Fsp3) is 0.529. The van der Waals surface area contributed by atoms with Crippen molar-refractivity contribution in [2.24, 2.45) is 0 Å². The van der Waals surface area contributed by atoms with Crippen molar-refractivity contribution in [3.8, 4) is 0 Å². The molecule has 0 unspecified atom stereocenters. The van der Waals surface area contributed by atoms with Crippen molar-refractivity contribution in [1.29, 1.82) is 0 Å². The molecule has 0 aromatic heterocycles. The summed E-state index contributed by atoms with van der Waals surface area (Å²) < 4.78 is 13.1. The van der Waals surface area contributed by atoms with Crippen LogP contribution in [0.5, 0.6) is 0 Å². The fourth-order valence-corrected chi connectivity index (χ4v) is 2.75. The van der Waals surface area contributed by atoms with Crippen LogP contribution in [0.2, 0.25) is 0 Å². The van der Waals surface area contributed by atoms with Gasteiger partial charge in [-0.3, -0.25) is 9.59 Å². The van der Waals surface area contributed by atoms with E-state index in [9.17, 15) is 24.2 Å². The lowest BCUT2D eigenvalue weighted by atomic mass is 10.0. The Bertz CT molecular complexity index is 620. The predicted octanol–water partition coefficient (Wildman–Crippen LogP) is 0.263. The number of aliphatic hydroxyl groups excluding tert-OH is 2. The lowest BCUT2D eigenvalue weighted by Gasteiger charge is -2.28. The Morgan fingerprint density at radius 1 is 1.29 bits per heavy atom. The van der Waals surface area contributed by atoms with Gasteiger partial charge in [0.2, 0.25) is 11.8 Å². The standard InChI is InChI=1S/C17H23FN2O4/c1-17(2,16(24)19-12-6-7-13(21)15(12)23)20-14(22)9-10-4-3-5-11(18)8-10/h3-5,8,12-13,15,21,23H,6-7,9H2,1-2H3,(H,19,24)(H,20,22)/t12-,13-,15-/m1/s1. The second-order valence-electron chi connectivity index (χ2n) is 6.70. The summed E-state index contributed by atoms with van der Waals surface area (Å²) in [6.07, 6.45) is -1.01. The van der Waals surface area contributed by atoms with Crippen LogP contribution in [0.1, 0.15) is 32.3 Å². The molecule has 24 heavy (non-hydrogen) atoms. The second-order valence-corrected chi connectivity index (χ2v) is 6.70. The van der Waals surface area contributed by atoms with E-state index >= 15 is 0 Å². The van der Waals surface area contributed by atoms with Crippen LogP contribution in [0.4, 0.5) is 4.39 Å². The van der Waals surface area contributed by atoms with Crippen molar-refractivity contribution in [2.75, 3.05) is 0 Å². The summed E-state index contributed by atoms with van der Waals surface area (Å²) in [7, 11) is 0. The molecule has 0 aliphatic heterocycles. The molecule has 0 radical (unpaired) electrons. The maximum atomic E-state index is 13.1. The van der Waals surface area contributed by atoms with Gasteiger partial charge in [-0.05, 0) is 44.4 Å². The molecule has 1 aromatic rings. The Morgan fingerprint density at radius 3 is 2.58 bits per heavy atom. The lowest BCUT2D eigenvalue weighted by molar-refractivity contribution is -0.133. The Hall–Kier alpha value is -1.99. The number of hydrogen-bond acceptors (Lipinski definition) is 4. The molecule has 1 aliphatic carbocycles. The van der Waals surface area contributed by atoms with Crippen molar-refractivity contribution >= 4 is 11.8 Å². The number of amides is 2. The van der Waals surface area contributed by atoms with Crippen LogP contribution in [0.3, 0.4) is 0 Å². The summed E-state index contributed by atoms with van der Waals surface area (Å²) in [4.78, 5) is 24.4. The van der Waals surface area contributed by atoms with Crippen LogP contribution in [0, 0.1) is 5.82 Å². The number of halogens is 1. The predicted molar refractivity (Wildman–Crippen MR) is 85.5 cm³/mol. The molecule has 4 N–H and O–H groups in total. The maximum Gasteiger partial charge on any atom is 0.245 e. The molecular formula is C17H23FN2O4. The first-order valence-corrected chi connectivity index (χ1v) is 7.91. The van der Waals surface area contributed by atoms with Crippen LogP contribution >= 0.6 is 0 Å². The van der Waals surface area contributed by atoms with Gasteiger partial charge in [-0.15, -0.1) is 0 Å². The summed E-state index contributed by atoms with van der Waals surface area (Å²) in [5.41, 5.74) is -0.685. The van der Waals surface area contributed by atoms with E-state index in [-0.39, 0.29) is 6.42 Å². The zero-order valence-electron chi connectivity index (χ0n) is 13.8. The van der Waals surface area contributed by atoms with E-state index in [0.29, 0.717) is 18.4 Å². The van der Waals surface area contributed by atoms with E-state index in [4.69, 9.17) is 0 Å². The van der Waals surface area contributed by atoms with Crippen LogP contribution in [0.25, 0.3) is 0 Å². The average molecular weight is 338 g/mol. The van der Waals surface area contributed by atoms with Crippen molar-refractivity contribution in [3.05, 3.63) is 35.6 Å². The molecule has 132 valence electrons. The molecule has 1 fully saturated rings. The summed E-state index contributed by atoms with van der Waals surface area (Å²) in [5.74, 6) is -1.29. The third-order valence-electron chi connectivity index (χ3n) is 4.17. The fourth-order valence-electron chi connectivity index (χ4n) is 2.75. The number of carbonyl (C=O) groups excluding carboxylic acids is 2. The largest absolute Gasteiger partial charge is 0.390 e. The van der Waals surface area contributed by atoms with E-state index < -0.39 is 41.4 Å².